The molecule has 0 heterocycles. The number of unbranched alkanes of at least 4 members (excludes halogenated alkanes) is 13. The summed E-state index contributed by atoms with van der Waals surface area (Å²) >= 11 is 0. The first-order chi connectivity index (χ1) is 19.5. The minimum Gasteiger partial charge on any atom is -0.550 e. The maximum Gasteiger partial charge on any atom is 0.306 e. The van der Waals surface area contributed by atoms with Crippen molar-refractivity contribution in [1.29, 1.82) is 0 Å². The molecule has 0 rings (SSSR count). The fourth-order valence-corrected chi connectivity index (χ4v) is 5.31. The summed E-state index contributed by atoms with van der Waals surface area (Å²) in [6.45, 7) is 9.96. The highest BCUT2D eigenvalue weighted by Gasteiger charge is 2.30. The monoisotopic (exact) mass is 581 g/mol. The molecule has 2 N–H and O–H groups in total. The number of carbonyl (C=O) groups is 3. The van der Waals surface area contributed by atoms with Crippen molar-refractivity contribution < 1.29 is 34.2 Å². The van der Waals surface area contributed by atoms with E-state index in [0.29, 0.717) is 43.4 Å². The van der Waals surface area contributed by atoms with Crippen molar-refractivity contribution >= 4 is 17.9 Å². The van der Waals surface area contributed by atoms with Crippen molar-refractivity contribution in [1.82, 2.24) is 0 Å². The second-order valence-electron chi connectivity index (χ2n) is 12.6. The minimum atomic E-state index is -1.07. The Morgan fingerprint density at radius 3 is 1.34 bits per heavy atom. The van der Waals surface area contributed by atoms with Crippen molar-refractivity contribution in [2.24, 2.45) is 17.8 Å². The zero-order valence-electron chi connectivity index (χ0n) is 26.9. The third-order valence-electron chi connectivity index (χ3n) is 8.75. The van der Waals surface area contributed by atoms with Crippen LogP contribution in [0.4, 0.5) is 0 Å². The van der Waals surface area contributed by atoms with E-state index in [-0.39, 0.29) is 0 Å². The maximum atomic E-state index is 11.5. The third kappa shape index (κ3) is 21.5. The molecule has 0 aromatic carbocycles. The Hall–Kier alpha value is -1.89. The van der Waals surface area contributed by atoms with Gasteiger partial charge in [0.1, 0.15) is 0 Å². The van der Waals surface area contributed by atoms with Crippen molar-refractivity contribution in [2.45, 2.75) is 143 Å². The fraction of sp³-hybridized carbons (Fsp3) is 0.853. The molecule has 0 aliphatic heterocycles. The highest BCUT2D eigenvalue weighted by Crippen LogP contribution is 2.22. The second kappa shape index (κ2) is 24.7. The van der Waals surface area contributed by atoms with E-state index < -0.39 is 35.7 Å². The summed E-state index contributed by atoms with van der Waals surface area (Å²) in [6, 6.07) is 0. The Bertz CT molecular complexity index is 662. The van der Waals surface area contributed by atoms with Crippen LogP contribution in [0.15, 0.2) is 12.2 Å². The van der Waals surface area contributed by atoms with Gasteiger partial charge >= 0.3 is 11.9 Å². The lowest BCUT2D eigenvalue weighted by atomic mass is 10.0. The van der Waals surface area contributed by atoms with Crippen molar-refractivity contribution in [3.8, 4) is 0 Å². The van der Waals surface area contributed by atoms with Gasteiger partial charge in [-0.1, -0.05) is 97.6 Å². The van der Waals surface area contributed by atoms with Gasteiger partial charge in [-0.3, -0.25) is 9.59 Å². The third-order valence-corrected chi connectivity index (χ3v) is 8.75. The molecule has 0 spiro atoms. The predicted molar refractivity (Wildman–Crippen MR) is 165 cm³/mol. The summed E-state index contributed by atoms with van der Waals surface area (Å²) in [7, 11) is 0. The molecule has 0 aromatic rings. The Morgan fingerprint density at radius 2 is 0.951 bits per heavy atom. The van der Waals surface area contributed by atoms with Crippen LogP contribution in [0.5, 0.6) is 0 Å². The Kier molecular flexibility index (Phi) is 23.5. The molecule has 3 unspecified atom stereocenters. The molecule has 0 fully saturated rings. The molecular formula is C34H63NO6. The van der Waals surface area contributed by atoms with Crippen LogP contribution < -0.4 is 5.11 Å². The molecule has 0 bridgehead atoms. The van der Waals surface area contributed by atoms with E-state index in [4.69, 9.17) is 0 Å². The SMILES string of the molecule is CCCCCCCC/C=C/CCCCCCCCC[N+](CCC(C)C(=O)[O-])(CCC(C)C(=O)O)CCC(C)C(=O)O. The molecule has 0 saturated heterocycles. The number of quaternary nitrogens is 1. The molecule has 240 valence electrons. The van der Waals surface area contributed by atoms with E-state index in [1.165, 1.54) is 77.0 Å². The summed E-state index contributed by atoms with van der Waals surface area (Å²) < 4.78 is 0.581. The molecule has 0 radical (unpaired) electrons. The average molecular weight is 582 g/mol. The zero-order chi connectivity index (χ0) is 30.9. The number of aliphatic carboxylic acids is 3. The number of carboxylic acids is 3. The van der Waals surface area contributed by atoms with Crippen LogP contribution >= 0.6 is 0 Å². The topological polar surface area (TPSA) is 115 Å². The van der Waals surface area contributed by atoms with Gasteiger partial charge < -0.3 is 24.6 Å². The number of allylic oxidation sites excluding steroid dienone is 2. The average Bonchev–Trinajstić information content (AvgIpc) is 2.94. The first kappa shape index (κ1) is 39.1. The molecule has 0 aliphatic rings. The summed E-state index contributed by atoms with van der Waals surface area (Å²) in [5.74, 6) is -4.32. The number of carboxylic acid groups (broad SMARTS) is 3. The van der Waals surface area contributed by atoms with E-state index in [1.54, 1.807) is 20.8 Å². The molecule has 0 aliphatic carbocycles. The first-order valence-electron chi connectivity index (χ1n) is 16.7. The quantitative estimate of drug-likeness (QED) is 0.0547. The maximum absolute atomic E-state index is 11.5. The van der Waals surface area contributed by atoms with Crippen LogP contribution in [0.1, 0.15) is 143 Å². The van der Waals surface area contributed by atoms with Gasteiger partial charge in [0.25, 0.3) is 0 Å². The number of hydrogen-bond donors (Lipinski definition) is 2. The van der Waals surface area contributed by atoms with Gasteiger partial charge in [0.15, 0.2) is 0 Å². The van der Waals surface area contributed by atoms with E-state index in [2.05, 4.69) is 19.1 Å². The van der Waals surface area contributed by atoms with Gasteiger partial charge in [0.05, 0.1) is 38.0 Å². The highest BCUT2D eigenvalue weighted by molar-refractivity contribution is 5.69. The minimum absolute atomic E-state index is 0.443. The van der Waals surface area contributed by atoms with E-state index >= 15 is 0 Å². The Morgan fingerprint density at radius 1 is 0.585 bits per heavy atom. The lowest BCUT2D eigenvalue weighted by Gasteiger charge is -2.41. The Labute approximate surface area is 251 Å². The summed E-state index contributed by atoms with van der Waals surface area (Å²) in [5, 5.41) is 30.2. The molecule has 0 saturated carbocycles. The lowest BCUT2D eigenvalue weighted by molar-refractivity contribution is -0.929. The Balaban J connectivity index is 4.60. The molecule has 41 heavy (non-hydrogen) atoms. The van der Waals surface area contributed by atoms with Crippen molar-refractivity contribution in [3.63, 3.8) is 0 Å². The van der Waals surface area contributed by atoms with Crippen LogP contribution in [-0.2, 0) is 14.4 Å². The number of hydrogen-bond acceptors (Lipinski definition) is 4. The van der Waals surface area contributed by atoms with Gasteiger partial charge in [-0.05, 0) is 38.5 Å². The normalized spacial score (nSPS) is 15.4. The van der Waals surface area contributed by atoms with Crippen molar-refractivity contribution in [3.05, 3.63) is 12.2 Å². The molecular weight excluding hydrogens is 518 g/mol. The van der Waals surface area contributed by atoms with E-state index in [1.807, 2.05) is 0 Å². The highest BCUT2D eigenvalue weighted by atomic mass is 16.4. The van der Waals surface area contributed by atoms with Crippen LogP contribution in [0.2, 0.25) is 0 Å². The van der Waals surface area contributed by atoms with Gasteiger partial charge in [-0.15, -0.1) is 0 Å². The standard InChI is InChI=1S/C34H63NO6/c1-5-6-7-8-9-10-11-12-13-14-15-16-17-18-19-20-21-25-35(26-22-29(2)32(36)37,27-23-30(3)33(38)39)28-24-31(4)34(40)41/h12-13,29-31H,5-11,14-28H2,1-4H3,(H2-,36,37,38,39,40,41)/b13-12+. The summed E-state index contributed by atoms with van der Waals surface area (Å²) in [6.07, 6.45) is 24.7. The zero-order valence-corrected chi connectivity index (χ0v) is 26.9. The van der Waals surface area contributed by atoms with Crippen LogP contribution in [0.25, 0.3) is 0 Å². The van der Waals surface area contributed by atoms with Crippen molar-refractivity contribution in [2.75, 3.05) is 26.2 Å². The summed E-state index contributed by atoms with van der Waals surface area (Å²) in [5.41, 5.74) is 0. The largest absolute Gasteiger partial charge is 0.550 e. The number of carbonyl (C=O) groups excluding carboxylic acids is 1. The second-order valence-corrected chi connectivity index (χ2v) is 12.6. The molecule has 3 atom stereocenters. The molecule has 7 heteroatoms. The van der Waals surface area contributed by atoms with Crippen LogP contribution in [-0.4, -0.2) is 58.8 Å². The molecule has 7 nitrogen and oxygen atoms in total. The fourth-order valence-electron chi connectivity index (χ4n) is 5.31. The van der Waals surface area contributed by atoms with Gasteiger partial charge in [-0.2, -0.15) is 0 Å². The smallest absolute Gasteiger partial charge is 0.306 e. The van der Waals surface area contributed by atoms with Gasteiger partial charge in [0.2, 0.25) is 0 Å². The first-order valence-corrected chi connectivity index (χ1v) is 16.7. The van der Waals surface area contributed by atoms with E-state index in [9.17, 15) is 29.7 Å². The van der Waals surface area contributed by atoms with E-state index in [0.717, 1.165) is 25.8 Å². The van der Waals surface area contributed by atoms with Crippen LogP contribution in [0.3, 0.4) is 0 Å². The summed E-state index contributed by atoms with van der Waals surface area (Å²) in [4.78, 5) is 34.3. The number of nitrogens with zero attached hydrogens (tertiary/aromatic N) is 1. The molecule has 0 aromatic heterocycles. The molecule has 0 amide bonds. The lowest BCUT2D eigenvalue weighted by Crippen LogP contribution is -2.52. The van der Waals surface area contributed by atoms with Gasteiger partial charge in [-0.25, -0.2) is 0 Å². The number of rotatable bonds is 29. The predicted octanol–water partition coefficient (Wildman–Crippen LogP) is 7.23. The van der Waals surface area contributed by atoms with Gasteiger partial charge in [0, 0.05) is 31.1 Å². The van der Waals surface area contributed by atoms with Crippen LogP contribution in [0, 0.1) is 17.8 Å².